The predicted octanol–water partition coefficient (Wildman–Crippen LogP) is 1.69. The monoisotopic (exact) mass is 190 g/mol. The van der Waals surface area contributed by atoms with E-state index in [-0.39, 0.29) is 6.04 Å². The van der Waals surface area contributed by atoms with Gasteiger partial charge in [0.05, 0.1) is 0 Å². The fraction of sp³-hybridized carbons (Fsp3) is 0.364. The summed E-state index contributed by atoms with van der Waals surface area (Å²) in [6.45, 7) is 4.76. The Morgan fingerprint density at radius 1 is 1.36 bits per heavy atom. The molecule has 0 fully saturated rings. The SMILES string of the molecule is Cc1ccc([C@@H]2COC(N)=N2)cc1C. The van der Waals surface area contributed by atoms with Crippen molar-refractivity contribution in [1.82, 2.24) is 0 Å². The average Bonchev–Trinajstić information content (AvgIpc) is 2.57. The van der Waals surface area contributed by atoms with Crippen LogP contribution in [0.15, 0.2) is 23.2 Å². The van der Waals surface area contributed by atoms with Gasteiger partial charge in [0.2, 0.25) is 0 Å². The second kappa shape index (κ2) is 3.33. The Balaban J connectivity index is 2.29. The number of benzene rings is 1. The van der Waals surface area contributed by atoms with Crippen LogP contribution in [0.25, 0.3) is 0 Å². The van der Waals surface area contributed by atoms with E-state index in [9.17, 15) is 0 Å². The van der Waals surface area contributed by atoms with Crippen LogP contribution in [0.1, 0.15) is 22.7 Å². The van der Waals surface area contributed by atoms with Crippen molar-refractivity contribution in [1.29, 1.82) is 0 Å². The Hall–Kier alpha value is -1.51. The van der Waals surface area contributed by atoms with Crippen molar-refractivity contribution >= 4 is 6.02 Å². The molecule has 0 saturated carbocycles. The first-order chi connectivity index (χ1) is 6.66. The van der Waals surface area contributed by atoms with E-state index in [0.29, 0.717) is 12.6 Å². The van der Waals surface area contributed by atoms with Crippen LogP contribution in [0, 0.1) is 13.8 Å². The molecule has 0 aromatic heterocycles. The molecule has 0 spiro atoms. The molecule has 1 aromatic rings. The zero-order chi connectivity index (χ0) is 10.1. The number of aliphatic imine (C=N–C) groups is 1. The summed E-state index contributed by atoms with van der Waals surface area (Å²) in [5.74, 6) is 0. The summed E-state index contributed by atoms with van der Waals surface area (Å²) >= 11 is 0. The highest BCUT2D eigenvalue weighted by atomic mass is 16.5. The highest BCUT2D eigenvalue weighted by molar-refractivity contribution is 5.73. The van der Waals surface area contributed by atoms with Crippen LogP contribution >= 0.6 is 0 Å². The largest absolute Gasteiger partial charge is 0.463 e. The molecular formula is C11H14N2O. The first-order valence-electron chi connectivity index (χ1n) is 4.70. The molecule has 2 N–H and O–H groups in total. The number of nitrogens with two attached hydrogens (primary N) is 1. The summed E-state index contributed by atoms with van der Waals surface area (Å²) < 4.78 is 5.12. The van der Waals surface area contributed by atoms with E-state index in [2.05, 4.69) is 37.0 Å². The number of rotatable bonds is 1. The first-order valence-corrected chi connectivity index (χ1v) is 4.70. The first kappa shape index (κ1) is 9.06. The fourth-order valence-corrected chi connectivity index (χ4v) is 1.54. The zero-order valence-electron chi connectivity index (χ0n) is 8.45. The number of hydrogen-bond acceptors (Lipinski definition) is 3. The van der Waals surface area contributed by atoms with Crippen LogP contribution < -0.4 is 5.73 Å². The molecule has 0 radical (unpaired) electrons. The molecule has 0 aliphatic carbocycles. The number of nitrogens with zero attached hydrogens (tertiary/aromatic N) is 1. The molecule has 3 heteroatoms. The highest BCUT2D eigenvalue weighted by Crippen LogP contribution is 2.23. The molecule has 1 aromatic carbocycles. The third-order valence-corrected chi connectivity index (χ3v) is 2.59. The summed E-state index contributed by atoms with van der Waals surface area (Å²) in [7, 11) is 0. The van der Waals surface area contributed by atoms with Gasteiger partial charge < -0.3 is 10.5 Å². The summed E-state index contributed by atoms with van der Waals surface area (Å²) in [5, 5.41) is 0. The lowest BCUT2D eigenvalue weighted by Crippen LogP contribution is -2.10. The molecule has 2 rings (SSSR count). The van der Waals surface area contributed by atoms with Crippen molar-refractivity contribution in [2.45, 2.75) is 19.9 Å². The van der Waals surface area contributed by atoms with Crippen LogP contribution in [0.5, 0.6) is 0 Å². The smallest absolute Gasteiger partial charge is 0.282 e. The van der Waals surface area contributed by atoms with Crippen molar-refractivity contribution in [2.75, 3.05) is 6.61 Å². The van der Waals surface area contributed by atoms with Crippen molar-refractivity contribution < 1.29 is 4.74 Å². The maximum absolute atomic E-state index is 5.46. The van der Waals surface area contributed by atoms with Gasteiger partial charge in [-0.2, -0.15) is 0 Å². The Morgan fingerprint density at radius 3 is 2.71 bits per heavy atom. The Kier molecular flexibility index (Phi) is 2.15. The second-order valence-corrected chi connectivity index (χ2v) is 3.64. The maximum Gasteiger partial charge on any atom is 0.282 e. The van der Waals surface area contributed by atoms with Gasteiger partial charge in [-0.15, -0.1) is 0 Å². The van der Waals surface area contributed by atoms with Crippen LogP contribution in [0.2, 0.25) is 0 Å². The van der Waals surface area contributed by atoms with Gasteiger partial charge in [-0.1, -0.05) is 18.2 Å². The Bertz CT molecular complexity index is 385. The fourth-order valence-electron chi connectivity index (χ4n) is 1.54. The molecule has 0 amide bonds. The minimum Gasteiger partial charge on any atom is -0.463 e. The normalized spacial score (nSPS) is 20.4. The van der Waals surface area contributed by atoms with E-state index in [0.717, 1.165) is 0 Å². The second-order valence-electron chi connectivity index (χ2n) is 3.64. The molecule has 14 heavy (non-hydrogen) atoms. The minimum atomic E-state index is 0.0781. The molecule has 1 atom stereocenters. The van der Waals surface area contributed by atoms with Crippen molar-refractivity contribution in [3.63, 3.8) is 0 Å². The third-order valence-electron chi connectivity index (χ3n) is 2.59. The van der Waals surface area contributed by atoms with Crippen molar-refractivity contribution in [2.24, 2.45) is 10.7 Å². The summed E-state index contributed by atoms with van der Waals surface area (Å²) in [6, 6.07) is 6.71. The molecule has 0 saturated heterocycles. The van der Waals surface area contributed by atoms with Gasteiger partial charge in [-0.25, -0.2) is 4.99 Å². The van der Waals surface area contributed by atoms with E-state index in [1.807, 2.05) is 0 Å². The molecule has 3 nitrogen and oxygen atoms in total. The van der Waals surface area contributed by atoms with Crippen LogP contribution in [-0.4, -0.2) is 12.6 Å². The van der Waals surface area contributed by atoms with E-state index in [1.54, 1.807) is 0 Å². The number of amidine groups is 1. The number of hydrogen-bond donors (Lipinski definition) is 1. The van der Waals surface area contributed by atoms with Crippen molar-refractivity contribution in [3.8, 4) is 0 Å². The van der Waals surface area contributed by atoms with Gasteiger partial charge in [0.25, 0.3) is 6.02 Å². The van der Waals surface area contributed by atoms with Gasteiger partial charge >= 0.3 is 0 Å². The number of aryl methyl sites for hydroxylation is 2. The molecule has 0 unspecified atom stereocenters. The summed E-state index contributed by atoms with van der Waals surface area (Å²) in [6.07, 6.45) is 0. The summed E-state index contributed by atoms with van der Waals surface area (Å²) in [5.41, 5.74) is 9.21. The average molecular weight is 190 g/mol. The maximum atomic E-state index is 5.46. The molecule has 74 valence electrons. The lowest BCUT2D eigenvalue weighted by atomic mass is 10.0. The molecule has 1 heterocycles. The predicted molar refractivity (Wildman–Crippen MR) is 56.2 cm³/mol. The summed E-state index contributed by atoms with van der Waals surface area (Å²) in [4.78, 5) is 4.20. The highest BCUT2D eigenvalue weighted by Gasteiger charge is 2.18. The zero-order valence-corrected chi connectivity index (χ0v) is 8.45. The van der Waals surface area contributed by atoms with Crippen LogP contribution in [0.3, 0.4) is 0 Å². The van der Waals surface area contributed by atoms with Gasteiger partial charge in [-0.3, -0.25) is 0 Å². The molecular weight excluding hydrogens is 176 g/mol. The van der Waals surface area contributed by atoms with Crippen molar-refractivity contribution in [3.05, 3.63) is 34.9 Å². The van der Waals surface area contributed by atoms with Gasteiger partial charge in [0, 0.05) is 0 Å². The van der Waals surface area contributed by atoms with E-state index in [1.165, 1.54) is 16.7 Å². The molecule has 1 aliphatic rings. The molecule has 0 bridgehead atoms. The van der Waals surface area contributed by atoms with E-state index < -0.39 is 0 Å². The lowest BCUT2D eigenvalue weighted by Gasteiger charge is -2.07. The Morgan fingerprint density at radius 2 is 2.14 bits per heavy atom. The topological polar surface area (TPSA) is 47.6 Å². The number of ether oxygens (including phenoxy) is 1. The van der Waals surface area contributed by atoms with Crippen LogP contribution in [-0.2, 0) is 4.74 Å². The third kappa shape index (κ3) is 1.58. The van der Waals surface area contributed by atoms with E-state index in [4.69, 9.17) is 10.5 Å². The van der Waals surface area contributed by atoms with E-state index >= 15 is 0 Å². The van der Waals surface area contributed by atoms with Crippen LogP contribution in [0.4, 0.5) is 0 Å². The Labute approximate surface area is 83.6 Å². The van der Waals surface area contributed by atoms with Gasteiger partial charge in [-0.05, 0) is 30.5 Å². The quantitative estimate of drug-likeness (QED) is 0.732. The van der Waals surface area contributed by atoms with Gasteiger partial charge in [0.15, 0.2) is 0 Å². The van der Waals surface area contributed by atoms with Gasteiger partial charge in [0.1, 0.15) is 12.6 Å². The lowest BCUT2D eigenvalue weighted by molar-refractivity contribution is 0.315. The standard InChI is InChI=1S/C11H14N2O/c1-7-3-4-9(5-8(7)2)10-6-14-11(12)13-10/h3-5,10H,6H2,1-2H3,(H2,12,13)/t10-/m0/s1. The molecule has 1 aliphatic heterocycles. The minimum absolute atomic E-state index is 0.0781.